The maximum Gasteiger partial charge on any atom is 0.319 e. The second-order valence-corrected chi connectivity index (χ2v) is 3.35. The van der Waals surface area contributed by atoms with Crippen LogP contribution in [0.2, 0.25) is 0 Å². The van der Waals surface area contributed by atoms with Crippen LogP contribution in [0, 0.1) is 5.82 Å². The van der Waals surface area contributed by atoms with E-state index in [0.717, 1.165) is 6.07 Å². The Labute approximate surface area is 97.7 Å². The van der Waals surface area contributed by atoms with Crippen LogP contribution in [0.15, 0.2) is 18.2 Å². The standard InChI is InChI=1S/C11H13FN2O3/c1-17-10(15)6-14-5-8-3-2-7(11(13)16)4-9(8)12/h2-4,14H,5-6H2,1H3,(H2,13,16). The molecule has 0 fully saturated rings. The fourth-order valence-corrected chi connectivity index (χ4v) is 1.22. The second kappa shape index (κ2) is 5.95. The van der Waals surface area contributed by atoms with Gasteiger partial charge in [0.1, 0.15) is 5.82 Å². The predicted molar refractivity (Wildman–Crippen MR) is 58.6 cm³/mol. The highest BCUT2D eigenvalue weighted by molar-refractivity contribution is 5.92. The summed E-state index contributed by atoms with van der Waals surface area (Å²) in [7, 11) is 1.27. The molecule has 17 heavy (non-hydrogen) atoms. The van der Waals surface area contributed by atoms with E-state index in [0.29, 0.717) is 5.56 Å². The molecular formula is C11H13FN2O3. The number of hydrogen-bond donors (Lipinski definition) is 2. The van der Waals surface area contributed by atoms with Crippen LogP contribution in [-0.2, 0) is 16.1 Å². The molecule has 0 aliphatic heterocycles. The average Bonchev–Trinajstić information content (AvgIpc) is 2.30. The van der Waals surface area contributed by atoms with Crippen molar-refractivity contribution in [2.45, 2.75) is 6.54 Å². The van der Waals surface area contributed by atoms with E-state index >= 15 is 0 Å². The van der Waals surface area contributed by atoms with Crippen LogP contribution < -0.4 is 11.1 Å². The third kappa shape index (κ3) is 3.84. The summed E-state index contributed by atoms with van der Waals surface area (Å²) in [5.74, 6) is -1.66. The number of esters is 1. The number of halogens is 1. The smallest absolute Gasteiger partial charge is 0.319 e. The van der Waals surface area contributed by atoms with Crippen molar-refractivity contribution in [3.8, 4) is 0 Å². The molecule has 1 aromatic carbocycles. The number of nitrogens with one attached hydrogen (secondary N) is 1. The van der Waals surface area contributed by atoms with E-state index in [4.69, 9.17) is 5.73 Å². The van der Waals surface area contributed by atoms with E-state index in [-0.39, 0.29) is 18.7 Å². The van der Waals surface area contributed by atoms with Gasteiger partial charge in [-0.25, -0.2) is 4.39 Å². The highest BCUT2D eigenvalue weighted by Gasteiger charge is 2.07. The Morgan fingerprint density at radius 3 is 2.71 bits per heavy atom. The van der Waals surface area contributed by atoms with Crippen molar-refractivity contribution in [3.63, 3.8) is 0 Å². The van der Waals surface area contributed by atoms with Crippen molar-refractivity contribution < 1.29 is 18.7 Å². The van der Waals surface area contributed by atoms with Gasteiger partial charge in [0.25, 0.3) is 0 Å². The number of amides is 1. The van der Waals surface area contributed by atoms with E-state index < -0.39 is 17.7 Å². The van der Waals surface area contributed by atoms with Crippen LogP contribution in [0.25, 0.3) is 0 Å². The van der Waals surface area contributed by atoms with E-state index in [9.17, 15) is 14.0 Å². The zero-order valence-corrected chi connectivity index (χ0v) is 9.33. The number of methoxy groups -OCH3 is 1. The van der Waals surface area contributed by atoms with E-state index in [1.807, 2.05) is 0 Å². The van der Waals surface area contributed by atoms with Gasteiger partial charge >= 0.3 is 5.97 Å². The van der Waals surface area contributed by atoms with E-state index in [1.165, 1.54) is 19.2 Å². The van der Waals surface area contributed by atoms with Crippen LogP contribution in [0.4, 0.5) is 4.39 Å². The summed E-state index contributed by atoms with van der Waals surface area (Å²) in [5, 5.41) is 2.71. The fourth-order valence-electron chi connectivity index (χ4n) is 1.22. The van der Waals surface area contributed by atoms with Gasteiger partial charge in [-0.05, 0) is 12.1 Å². The number of ether oxygens (including phenoxy) is 1. The normalized spacial score (nSPS) is 10.0. The molecule has 0 aromatic heterocycles. The zero-order chi connectivity index (χ0) is 12.8. The van der Waals surface area contributed by atoms with Crippen molar-refractivity contribution in [3.05, 3.63) is 35.1 Å². The molecule has 0 saturated heterocycles. The number of carbonyl (C=O) groups excluding carboxylic acids is 2. The topological polar surface area (TPSA) is 81.4 Å². The highest BCUT2D eigenvalue weighted by Crippen LogP contribution is 2.09. The lowest BCUT2D eigenvalue weighted by atomic mass is 10.1. The number of benzene rings is 1. The molecule has 3 N–H and O–H groups in total. The number of rotatable bonds is 5. The molecule has 1 aromatic rings. The molecule has 1 rings (SSSR count). The first-order valence-electron chi connectivity index (χ1n) is 4.90. The SMILES string of the molecule is COC(=O)CNCc1ccc(C(N)=O)cc1F. The summed E-state index contributed by atoms with van der Waals surface area (Å²) in [6, 6.07) is 3.94. The molecule has 0 saturated carbocycles. The zero-order valence-electron chi connectivity index (χ0n) is 9.33. The van der Waals surface area contributed by atoms with Crippen molar-refractivity contribution in [2.75, 3.05) is 13.7 Å². The molecule has 0 radical (unpaired) electrons. The van der Waals surface area contributed by atoms with Gasteiger partial charge in [0.15, 0.2) is 0 Å². The van der Waals surface area contributed by atoms with Crippen molar-refractivity contribution in [2.24, 2.45) is 5.73 Å². The van der Waals surface area contributed by atoms with Gasteiger partial charge in [-0.1, -0.05) is 6.07 Å². The number of carbonyl (C=O) groups is 2. The van der Waals surface area contributed by atoms with Crippen molar-refractivity contribution >= 4 is 11.9 Å². The van der Waals surface area contributed by atoms with Gasteiger partial charge in [0.2, 0.25) is 5.91 Å². The summed E-state index contributed by atoms with van der Waals surface area (Å²) >= 11 is 0. The van der Waals surface area contributed by atoms with Crippen LogP contribution >= 0.6 is 0 Å². The van der Waals surface area contributed by atoms with Gasteiger partial charge in [-0.2, -0.15) is 0 Å². The third-order valence-electron chi connectivity index (χ3n) is 2.15. The minimum absolute atomic E-state index is 0.00644. The Balaban J connectivity index is 2.60. The Morgan fingerprint density at radius 2 is 2.18 bits per heavy atom. The van der Waals surface area contributed by atoms with Crippen LogP contribution in [-0.4, -0.2) is 25.5 Å². The predicted octanol–water partition coefficient (Wildman–Crippen LogP) is 0.187. The van der Waals surface area contributed by atoms with Crippen LogP contribution in [0.5, 0.6) is 0 Å². The van der Waals surface area contributed by atoms with Gasteiger partial charge in [-0.3, -0.25) is 9.59 Å². The number of hydrogen-bond acceptors (Lipinski definition) is 4. The minimum Gasteiger partial charge on any atom is -0.468 e. The van der Waals surface area contributed by atoms with Gasteiger partial charge in [0, 0.05) is 17.7 Å². The maximum absolute atomic E-state index is 13.5. The lowest BCUT2D eigenvalue weighted by Crippen LogP contribution is -2.24. The summed E-state index contributed by atoms with van der Waals surface area (Å²) in [6.07, 6.45) is 0. The Morgan fingerprint density at radius 1 is 1.47 bits per heavy atom. The maximum atomic E-state index is 13.5. The molecule has 0 aliphatic carbocycles. The monoisotopic (exact) mass is 240 g/mol. The molecule has 0 spiro atoms. The van der Waals surface area contributed by atoms with E-state index in [2.05, 4.69) is 10.1 Å². The quantitative estimate of drug-likeness (QED) is 0.720. The lowest BCUT2D eigenvalue weighted by Gasteiger charge is -2.05. The molecule has 0 aliphatic rings. The first kappa shape index (κ1) is 13.1. The number of primary amides is 1. The Hall–Kier alpha value is -1.95. The molecule has 1 amide bonds. The molecule has 0 heterocycles. The average molecular weight is 240 g/mol. The van der Waals surface area contributed by atoms with Crippen molar-refractivity contribution in [1.29, 1.82) is 0 Å². The van der Waals surface area contributed by atoms with Crippen LogP contribution in [0.3, 0.4) is 0 Å². The molecule has 92 valence electrons. The lowest BCUT2D eigenvalue weighted by molar-refractivity contribution is -0.139. The molecule has 0 unspecified atom stereocenters. The highest BCUT2D eigenvalue weighted by atomic mass is 19.1. The Bertz CT molecular complexity index is 435. The summed E-state index contributed by atoms with van der Waals surface area (Å²) in [5.41, 5.74) is 5.46. The third-order valence-corrected chi connectivity index (χ3v) is 2.15. The minimum atomic E-state index is -0.682. The summed E-state index contributed by atoms with van der Waals surface area (Å²) in [4.78, 5) is 21.6. The van der Waals surface area contributed by atoms with Gasteiger partial charge < -0.3 is 15.8 Å². The largest absolute Gasteiger partial charge is 0.468 e. The van der Waals surface area contributed by atoms with E-state index in [1.54, 1.807) is 0 Å². The molecule has 6 heteroatoms. The second-order valence-electron chi connectivity index (χ2n) is 3.35. The van der Waals surface area contributed by atoms with Gasteiger partial charge in [0.05, 0.1) is 13.7 Å². The molecule has 0 atom stereocenters. The first-order chi connectivity index (χ1) is 8.04. The number of nitrogens with two attached hydrogens (primary N) is 1. The fraction of sp³-hybridized carbons (Fsp3) is 0.273. The van der Waals surface area contributed by atoms with Crippen molar-refractivity contribution in [1.82, 2.24) is 5.32 Å². The summed E-state index contributed by atoms with van der Waals surface area (Å²) in [6.45, 7) is 0.160. The Kier molecular flexibility index (Phi) is 4.59. The van der Waals surface area contributed by atoms with Crippen LogP contribution in [0.1, 0.15) is 15.9 Å². The van der Waals surface area contributed by atoms with Gasteiger partial charge in [-0.15, -0.1) is 0 Å². The molecular weight excluding hydrogens is 227 g/mol. The summed E-state index contributed by atoms with van der Waals surface area (Å²) < 4.78 is 17.9. The molecule has 5 nitrogen and oxygen atoms in total. The molecule has 0 bridgehead atoms. The first-order valence-corrected chi connectivity index (χ1v) is 4.90.